The molecule has 3 heteroatoms. The summed E-state index contributed by atoms with van der Waals surface area (Å²) >= 11 is 1.95. The van der Waals surface area contributed by atoms with Gasteiger partial charge in [-0.2, -0.15) is 11.8 Å². The highest BCUT2D eigenvalue weighted by molar-refractivity contribution is 7.99. The summed E-state index contributed by atoms with van der Waals surface area (Å²) in [5.74, 6) is 3.22. The normalized spacial score (nSPS) is 12.4. The molecule has 16 heavy (non-hydrogen) atoms. The molecule has 2 nitrogen and oxygen atoms in total. The van der Waals surface area contributed by atoms with E-state index in [1.807, 2.05) is 31.8 Å². The van der Waals surface area contributed by atoms with Crippen molar-refractivity contribution in [2.75, 3.05) is 25.2 Å². The molecule has 0 bridgehead atoms. The van der Waals surface area contributed by atoms with Crippen molar-refractivity contribution < 1.29 is 4.74 Å². The fraction of sp³-hybridized carbons (Fsp3) is 0.538. The first-order valence-corrected chi connectivity index (χ1v) is 6.95. The van der Waals surface area contributed by atoms with Gasteiger partial charge in [-0.25, -0.2) is 0 Å². The van der Waals surface area contributed by atoms with E-state index in [1.165, 1.54) is 5.56 Å². The molecule has 1 rings (SSSR count). The average molecular weight is 239 g/mol. The van der Waals surface area contributed by atoms with Crippen LogP contribution in [0.5, 0.6) is 5.75 Å². The van der Waals surface area contributed by atoms with Crippen molar-refractivity contribution in [3.05, 3.63) is 29.8 Å². The third-order valence-electron chi connectivity index (χ3n) is 2.41. The molecule has 90 valence electrons. The number of thioether (sulfide) groups is 1. The zero-order valence-corrected chi connectivity index (χ0v) is 11.1. The summed E-state index contributed by atoms with van der Waals surface area (Å²) in [5, 5.41) is 3.35. The highest BCUT2D eigenvalue weighted by Gasteiger charge is 2.09. The minimum atomic E-state index is 0.408. The minimum Gasteiger partial charge on any atom is -0.494 e. The molecule has 1 aromatic carbocycles. The second kappa shape index (κ2) is 7.58. The van der Waals surface area contributed by atoms with E-state index in [9.17, 15) is 0 Å². The van der Waals surface area contributed by atoms with Gasteiger partial charge >= 0.3 is 0 Å². The first-order chi connectivity index (χ1) is 7.81. The molecule has 0 heterocycles. The Labute approximate surface area is 103 Å². The van der Waals surface area contributed by atoms with Gasteiger partial charge in [-0.3, -0.25) is 0 Å². The minimum absolute atomic E-state index is 0.408. The lowest BCUT2D eigenvalue weighted by Gasteiger charge is -2.16. The van der Waals surface area contributed by atoms with Gasteiger partial charge in [-0.05, 0) is 37.4 Å². The topological polar surface area (TPSA) is 21.3 Å². The summed E-state index contributed by atoms with van der Waals surface area (Å²) in [5.41, 5.74) is 1.30. The fourth-order valence-electron chi connectivity index (χ4n) is 1.57. The van der Waals surface area contributed by atoms with E-state index in [0.29, 0.717) is 6.04 Å². The smallest absolute Gasteiger partial charge is 0.119 e. The Kier molecular flexibility index (Phi) is 6.34. The molecule has 0 saturated carbocycles. The lowest BCUT2D eigenvalue weighted by atomic mass is 10.1. The molecule has 0 aliphatic heterocycles. The number of benzene rings is 1. The van der Waals surface area contributed by atoms with E-state index in [-0.39, 0.29) is 0 Å². The van der Waals surface area contributed by atoms with Crippen LogP contribution in [0.15, 0.2) is 24.3 Å². The molecule has 0 radical (unpaired) electrons. The molecule has 1 unspecified atom stereocenters. The summed E-state index contributed by atoms with van der Waals surface area (Å²) in [7, 11) is 2.01. The van der Waals surface area contributed by atoms with Gasteiger partial charge in [0, 0.05) is 11.8 Å². The first kappa shape index (κ1) is 13.4. The van der Waals surface area contributed by atoms with E-state index in [0.717, 1.165) is 23.9 Å². The third kappa shape index (κ3) is 4.06. The molecule has 0 aliphatic rings. The number of rotatable bonds is 7. The number of hydrogen-bond donors (Lipinski definition) is 1. The van der Waals surface area contributed by atoms with Gasteiger partial charge in [0.15, 0.2) is 0 Å². The van der Waals surface area contributed by atoms with Crippen LogP contribution in [-0.4, -0.2) is 25.2 Å². The quantitative estimate of drug-likeness (QED) is 0.790. The first-order valence-electron chi connectivity index (χ1n) is 5.79. The van der Waals surface area contributed by atoms with E-state index in [4.69, 9.17) is 4.74 Å². The van der Waals surface area contributed by atoms with Crippen LogP contribution < -0.4 is 10.1 Å². The second-order valence-corrected chi connectivity index (χ2v) is 4.83. The highest BCUT2D eigenvalue weighted by Crippen LogP contribution is 2.22. The Morgan fingerprint density at radius 3 is 2.81 bits per heavy atom. The SMILES string of the molecule is CCOc1cccc(C(CSCC)NC)c1. The number of ether oxygens (including phenoxy) is 1. The van der Waals surface area contributed by atoms with Gasteiger partial charge < -0.3 is 10.1 Å². The van der Waals surface area contributed by atoms with Crippen molar-refractivity contribution in [3.8, 4) is 5.75 Å². The zero-order valence-electron chi connectivity index (χ0n) is 10.3. The summed E-state index contributed by atoms with van der Waals surface area (Å²) in [6.45, 7) is 4.92. The lowest BCUT2D eigenvalue weighted by molar-refractivity contribution is 0.339. The van der Waals surface area contributed by atoms with Gasteiger partial charge in [0.25, 0.3) is 0 Å². The van der Waals surface area contributed by atoms with Gasteiger partial charge in [-0.1, -0.05) is 19.1 Å². The molecule has 1 N–H and O–H groups in total. The standard InChI is InChI=1S/C13H21NOS/c1-4-15-12-8-6-7-11(9-12)13(14-3)10-16-5-2/h6-9,13-14H,4-5,10H2,1-3H3. The molecule has 0 fully saturated rings. The fourth-order valence-corrected chi connectivity index (χ4v) is 2.40. The largest absolute Gasteiger partial charge is 0.494 e. The van der Waals surface area contributed by atoms with E-state index >= 15 is 0 Å². The lowest BCUT2D eigenvalue weighted by Crippen LogP contribution is -2.18. The predicted octanol–water partition coefficient (Wildman–Crippen LogP) is 3.10. The molecular weight excluding hydrogens is 218 g/mol. The van der Waals surface area contributed by atoms with Crippen molar-refractivity contribution in [3.63, 3.8) is 0 Å². The van der Waals surface area contributed by atoms with Crippen LogP contribution in [0.3, 0.4) is 0 Å². The molecule has 0 amide bonds. The third-order valence-corrected chi connectivity index (χ3v) is 3.39. The van der Waals surface area contributed by atoms with Gasteiger partial charge in [0.05, 0.1) is 6.61 Å². The average Bonchev–Trinajstić information content (AvgIpc) is 2.31. The monoisotopic (exact) mass is 239 g/mol. The van der Waals surface area contributed by atoms with Crippen molar-refractivity contribution in [1.82, 2.24) is 5.32 Å². The second-order valence-electron chi connectivity index (χ2n) is 3.51. The Morgan fingerprint density at radius 2 is 2.19 bits per heavy atom. The zero-order chi connectivity index (χ0) is 11.8. The van der Waals surface area contributed by atoms with Crippen LogP contribution in [0, 0.1) is 0 Å². The van der Waals surface area contributed by atoms with Crippen LogP contribution in [0.1, 0.15) is 25.5 Å². The molecular formula is C13H21NOS. The maximum atomic E-state index is 5.51. The van der Waals surface area contributed by atoms with Crippen LogP contribution >= 0.6 is 11.8 Å². The highest BCUT2D eigenvalue weighted by atomic mass is 32.2. The molecule has 0 aromatic heterocycles. The van der Waals surface area contributed by atoms with E-state index < -0.39 is 0 Å². The van der Waals surface area contributed by atoms with Crippen LogP contribution in [-0.2, 0) is 0 Å². The van der Waals surface area contributed by atoms with Crippen molar-refractivity contribution >= 4 is 11.8 Å². The van der Waals surface area contributed by atoms with Crippen LogP contribution in [0.2, 0.25) is 0 Å². The molecule has 0 saturated heterocycles. The molecule has 0 spiro atoms. The maximum Gasteiger partial charge on any atom is 0.119 e. The molecule has 0 aliphatic carbocycles. The van der Waals surface area contributed by atoms with E-state index in [1.54, 1.807) is 0 Å². The Morgan fingerprint density at radius 1 is 1.38 bits per heavy atom. The maximum absolute atomic E-state index is 5.51. The number of hydrogen-bond acceptors (Lipinski definition) is 3. The van der Waals surface area contributed by atoms with Crippen molar-refractivity contribution in [2.45, 2.75) is 19.9 Å². The van der Waals surface area contributed by atoms with Crippen molar-refractivity contribution in [2.24, 2.45) is 0 Å². The molecule has 1 atom stereocenters. The van der Waals surface area contributed by atoms with Crippen LogP contribution in [0.4, 0.5) is 0 Å². The Bertz CT molecular complexity index is 304. The summed E-state index contributed by atoms with van der Waals surface area (Å²) in [6.07, 6.45) is 0. The number of nitrogens with one attached hydrogen (secondary N) is 1. The summed E-state index contributed by atoms with van der Waals surface area (Å²) in [6, 6.07) is 8.75. The van der Waals surface area contributed by atoms with Gasteiger partial charge in [0.1, 0.15) is 5.75 Å². The summed E-state index contributed by atoms with van der Waals surface area (Å²) < 4.78 is 5.51. The van der Waals surface area contributed by atoms with Crippen LogP contribution in [0.25, 0.3) is 0 Å². The van der Waals surface area contributed by atoms with Gasteiger partial charge in [-0.15, -0.1) is 0 Å². The van der Waals surface area contributed by atoms with E-state index in [2.05, 4.69) is 30.4 Å². The Balaban J connectivity index is 2.71. The van der Waals surface area contributed by atoms with Crippen molar-refractivity contribution in [1.29, 1.82) is 0 Å². The predicted molar refractivity (Wildman–Crippen MR) is 72.4 cm³/mol. The Hall–Kier alpha value is -0.670. The summed E-state index contributed by atoms with van der Waals surface area (Å²) in [4.78, 5) is 0. The van der Waals surface area contributed by atoms with Gasteiger partial charge in [0.2, 0.25) is 0 Å². The molecule has 1 aromatic rings.